The van der Waals surface area contributed by atoms with Crippen LogP contribution < -0.4 is 0 Å². The zero-order valence-electron chi connectivity index (χ0n) is 18.3. The third kappa shape index (κ3) is 6.26. The lowest BCUT2D eigenvalue weighted by Gasteiger charge is -2.39. The van der Waals surface area contributed by atoms with Crippen molar-refractivity contribution >= 4 is 23.0 Å². The molecule has 2 rings (SSSR count). The predicted molar refractivity (Wildman–Crippen MR) is 121 cm³/mol. The summed E-state index contributed by atoms with van der Waals surface area (Å²) < 4.78 is 9.50. The normalized spacial score (nSPS) is 16.3. The lowest BCUT2D eigenvalue weighted by molar-refractivity contribution is -0.146. The molecule has 1 saturated carbocycles. The molecule has 5 nitrogen and oxygen atoms in total. The Morgan fingerprint density at radius 1 is 1.10 bits per heavy atom. The molecule has 0 bridgehead atoms. The number of carbonyl (C=O) groups is 2. The van der Waals surface area contributed by atoms with Gasteiger partial charge in [0.25, 0.3) is 0 Å². The Morgan fingerprint density at radius 3 is 2.37 bits per heavy atom. The first-order chi connectivity index (χ1) is 14.6. The molecule has 0 spiro atoms. The first kappa shape index (κ1) is 24.3. The van der Waals surface area contributed by atoms with E-state index in [4.69, 9.17) is 9.47 Å². The zero-order valence-corrected chi connectivity index (χ0v) is 19.1. The maximum Gasteiger partial charge on any atom is 0.369 e. The van der Waals surface area contributed by atoms with Crippen molar-refractivity contribution in [3.05, 3.63) is 35.9 Å². The van der Waals surface area contributed by atoms with Crippen molar-refractivity contribution in [2.24, 2.45) is 5.92 Å². The summed E-state index contributed by atoms with van der Waals surface area (Å²) in [5.41, 5.74) is 0.790. The van der Waals surface area contributed by atoms with Gasteiger partial charge >= 0.3 is 11.3 Å². The van der Waals surface area contributed by atoms with Gasteiger partial charge in [0.1, 0.15) is 0 Å². The average Bonchev–Trinajstić information content (AvgIpc) is 2.80. The Hall–Kier alpha value is -1.97. The molecule has 0 aromatic heterocycles. The minimum Gasteiger partial charge on any atom is -0.468 e. The van der Waals surface area contributed by atoms with Gasteiger partial charge in [-0.1, -0.05) is 75.3 Å². The van der Waals surface area contributed by atoms with E-state index in [0.29, 0.717) is 6.54 Å². The number of benzene rings is 1. The molecule has 6 heteroatoms. The molecule has 0 radical (unpaired) electrons. The number of carbonyl (C=O) groups excluding carboxylic acids is 2. The third-order valence-electron chi connectivity index (χ3n) is 5.70. The molecule has 0 heterocycles. The van der Waals surface area contributed by atoms with Gasteiger partial charge in [0.2, 0.25) is 0 Å². The highest BCUT2D eigenvalue weighted by Crippen LogP contribution is 2.50. The van der Waals surface area contributed by atoms with Crippen LogP contribution >= 0.6 is 11.8 Å². The molecule has 1 fully saturated rings. The van der Waals surface area contributed by atoms with Crippen LogP contribution in [0.1, 0.15) is 51.5 Å². The van der Waals surface area contributed by atoms with E-state index in [0.717, 1.165) is 62.5 Å². The van der Waals surface area contributed by atoms with Gasteiger partial charge < -0.3 is 9.47 Å². The highest BCUT2D eigenvalue weighted by atomic mass is 32.2. The van der Waals surface area contributed by atoms with Crippen LogP contribution in [0.3, 0.4) is 0 Å². The average molecular weight is 432 g/mol. The lowest BCUT2D eigenvalue weighted by atomic mass is 9.76. The summed E-state index contributed by atoms with van der Waals surface area (Å²) in [4.78, 5) is 28.0. The van der Waals surface area contributed by atoms with Crippen LogP contribution in [-0.4, -0.2) is 49.5 Å². The summed E-state index contributed by atoms with van der Waals surface area (Å²) in [7, 11) is 1.38. The SMILES string of the molecule is CCN(CC)CC#CCOC(=O)SC(C(=O)OC)(c1ccccc1)C1CCCCC1. The number of methoxy groups -OCH3 is 1. The molecular formula is C24H33NO4S. The monoisotopic (exact) mass is 431 g/mol. The van der Waals surface area contributed by atoms with Crippen LogP contribution in [0.4, 0.5) is 4.79 Å². The number of hydrogen-bond acceptors (Lipinski definition) is 6. The fraction of sp³-hybridized carbons (Fsp3) is 0.583. The molecule has 1 aliphatic carbocycles. The zero-order chi connectivity index (χ0) is 21.8. The minimum absolute atomic E-state index is 0.0177. The predicted octanol–water partition coefficient (Wildman–Crippen LogP) is 4.85. The minimum atomic E-state index is -1.10. The maximum atomic E-state index is 13.1. The molecular weight excluding hydrogens is 398 g/mol. The Bertz CT molecular complexity index is 733. The second kappa shape index (κ2) is 12.7. The summed E-state index contributed by atoms with van der Waals surface area (Å²) in [6, 6.07) is 9.48. The first-order valence-electron chi connectivity index (χ1n) is 10.8. The molecule has 1 atom stereocenters. The number of nitrogens with zero attached hydrogens (tertiary/aromatic N) is 1. The van der Waals surface area contributed by atoms with Gasteiger partial charge in [-0.3, -0.25) is 9.69 Å². The lowest BCUT2D eigenvalue weighted by Crippen LogP contribution is -2.43. The molecule has 0 amide bonds. The van der Waals surface area contributed by atoms with Crippen molar-refractivity contribution in [2.45, 2.75) is 50.7 Å². The topological polar surface area (TPSA) is 55.8 Å². The van der Waals surface area contributed by atoms with Gasteiger partial charge in [0, 0.05) is 0 Å². The number of rotatable bonds is 8. The maximum absolute atomic E-state index is 13.1. The van der Waals surface area contributed by atoms with Crippen molar-refractivity contribution < 1.29 is 19.1 Å². The smallest absolute Gasteiger partial charge is 0.369 e. The summed E-state index contributed by atoms with van der Waals surface area (Å²) in [5.74, 6) is 5.56. The van der Waals surface area contributed by atoms with Crippen LogP contribution in [-0.2, 0) is 19.0 Å². The van der Waals surface area contributed by atoms with Crippen molar-refractivity contribution in [1.82, 2.24) is 4.90 Å². The van der Waals surface area contributed by atoms with Gasteiger partial charge in [0.15, 0.2) is 11.4 Å². The van der Waals surface area contributed by atoms with Crippen LogP contribution in [0.15, 0.2) is 30.3 Å². The molecule has 1 unspecified atom stereocenters. The Kier molecular flexibility index (Phi) is 10.3. The summed E-state index contributed by atoms with van der Waals surface area (Å²) >= 11 is 0.944. The van der Waals surface area contributed by atoms with E-state index in [1.807, 2.05) is 30.3 Å². The number of hydrogen-bond donors (Lipinski definition) is 0. The molecule has 1 aromatic rings. The van der Waals surface area contributed by atoms with E-state index >= 15 is 0 Å². The second-order valence-corrected chi connectivity index (χ2v) is 8.57. The number of thioether (sulfide) groups is 1. The summed E-state index contributed by atoms with van der Waals surface area (Å²) in [6.07, 6.45) is 5.01. The molecule has 0 saturated heterocycles. The highest BCUT2D eigenvalue weighted by molar-refractivity contribution is 8.14. The summed E-state index contributed by atoms with van der Waals surface area (Å²) in [5, 5.41) is -0.494. The van der Waals surface area contributed by atoms with Crippen LogP contribution in [0.5, 0.6) is 0 Å². The Labute approximate surface area is 184 Å². The van der Waals surface area contributed by atoms with Crippen molar-refractivity contribution in [3.63, 3.8) is 0 Å². The van der Waals surface area contributed by atoms with E-state index < -0.39 is 16.0 Å². The van der Waals surface area contributed by atoms with Crippen molar-refractivity contribution in [1.29, 1.82) is 0 Å². The van der Waals surface area contributed by atoms with E-state index in [1.54, 1.807) is 0 Å². The number of esters is 1. The van der Waals surface area contributed by atoms with Gasteiger partial charge in [-0.2, -0.15) is 0 Å². The summed E-state index contributed by atoms with van der Waals surface area (Å²) in [6.45, 7) is 6.70. The fourth-order valence-electron chi connectivity index (χ4n) is 3.97. The Morgan fingerprint density at radius 2 is 1.77 bits per heavy atom. The first-order valence-corrected chi connectivity index (χ1v) is 11.6. The molecule has 30 heavy (non-hydrogen) atoms. The largest absolute Gasteiger partial charge is 0.468 e. The molecule has 1 aliphatic rings. The van der Waals surface area contributed by atoms with Crippen molar-refractivity contribution in [2.75, 3.05) is 33.4 Å². The van der Waals surface area contributed by atoms with Gasteiger partial charge in [-0.15, -0.1) is 0 Å². The molecule has 0 aliphatic heterocycles. The van der Waals surface area contributed by atoms with E-state index in [9.17, 15) is 9.59 Å². The Balaban J connectivity index is 2.17. The quantitative estimate of drug-likeness (QED) is 0.433. The van der Waals surface area contributed by atoms with Gasteiger partial charge in [0.05, 0.1) is 13.7 Å². The van der Waals surface area contributed by atoms with Gasteiger partial charge in [-0.05, 0) is 49.2 Å². The molecule has 0 N–H and O–H groups in total. The standard InChI is InChI=1S/C24H33NO4S/c1-4-25(5-2)18-12-13-19-29-23(27)30-24(22(26)28-3,20-14-8-6-9-15-20)21-16-10-7-11-17-21/h6,8-9,14-15,21H,4-5,7,10-11,16-19H2,1-3H3. The second-order valence-electron chi connectivity index (χ2n) is 7.38. The van der Waals surface area contributed by atoms with Crippen LogP contribution in [0.2, 0.25) is 0 Å². The molecule has 1 aromatic carbocycles. The third-order valence-corrected chi connectivity index (χ3v) is 7.04. The highest BCUT2D eigenvalue weighted by Gasteiger charge is 2.51. The van der Waals surface area contributed by atoms with E-state index in [-0.39, 0.29) is 12.5 Å². The van der Waals surface area contributed by atoms with Crippen LogP contribution in [0, 0.1) is 17.8 Å². The van der Waals surface area contributed by atoms with E-state index in [2.05, 4.69) is 30.6 Å². The fourth-order valence-corrected chi connectivity index (χ4v) is 5.18. The number of ether oxygens (including phenoxy) is 2. The van der Waals surface area contributed by atoms with Gasteiger partial charge in [-0.25, -0.2) is 4.79 Å². The van der Waals surface area contributed by atoms with E-state index in [1.165, 1.54) is 7.11 Å². The van der Waals surface area contributed by atoms with Crippen molar-refractivity contribution in [3.8, 4) is 11.8 Å². The molecule has 164 valence electrons. The van der Waals surface area contributed by atoms with Crippen LogP contribution in [0.25, 0.3) is 0 Å².